The Bertz CT molecular complexity index is 955. The summed E-state index contributed by atoms with van der Waals surface area (Å²) in [6.07, 6.45) is 2.43. The van der Waals surface area contributed by atoms with Crippen molar-refractivity contribution in [2.75, 3.05) is 24.0 Å². The van der Waals surface area contributed by atoms with E-state index < -0.39 is 0 Å². The van der Waals surface area contributed by atoms with E-state index >= 15 is 0 Å². The van der Waals surface area contributed by atoms with Crippen LogP contribution in [0.25, 0.3) is 11.3 Å². The number of benzene rings is 1. The van der Waals surface area contributed by atoms with Crippen molar-refractivity contribution in [2.24, 2.45) is 0 Å². The number of fused-ring (bicyclic) bond motifs is 2. The lowest BCUT2D eigenvalue weighted by Crippen LogP contribution is -2.30. The molecular formula is C17H15N5O3. The van der Waals surface area contributed by atoms with Gasteiger partial charge in [-0.05, 0) is 24.3 Å². The normalized spacial score (nSPS) is 15.3. The molecule has 0 bridgehead atoms. The zero-order valence-corrected chi connectivity index (χ0v) is 13.3. The number of nitrogens with zero attached hydrogens (tertiary/aromatic N) is 4. The molecule has 2 aliphatic rings. The van der Waals surface area contributed by atoms with E-state index in [1.807, 2.05) is 24.3 Å². The van der Waals surface area contributed by atoms with Crippen LogP contribution in [0.4, 0.5) is 11.8 Å². The van der Waals surface area contributed by atoms with Crippen LogP contribution in [-0.2, 0) is 13.0 Å². The summed E-state index contributed by atoms with van der Waals surface area (Å²) >= 11 is 0. The molecule has 126 valence electrons. The number of aromatic nitrogens is 3. The Kier molecular flexibility index (Phi) is 3.03. The van der Waals surface area contributed by atoms with E-state index in [1.54, 1.807) is 6.20 Å². The number of nitrogen functional groups attached to an aromatic ring is 1. The summed E-state index contributed by atoms with van der Waals surface area (Å²) in [6, 6.07) is 7.65. The van der Waals surface area contributed by atoms with E-state index in [0.29, 0.717) is 6.54 Å². The molecule has 0 unspecified atom stereocenters. The molecule has 1 aromatic carbocycles. The van der Waals surface area contributed by atoms with Crippen molar-refractivity contribution in [3.05, 3.63) is 41.8 Å². The van der Waals surface area contributed by atoms with Gasteiger partial charge in [0.15, 0.2) is 11.5 Å². The predicted molar refractivity (Wildman–Crippen MR) is 89.3 cm³/mol. The Hall–Kier alpha value is -3.29. The second-order valence-corrected chi connectivity index (χ2v) is 5.95. The van der Waals surface area contributed by atoms with Crippen molar-refractivity contribution in [2.45, 2.75) is 13.0 Å². The first-order valence-corrected chi connectivity index (χ1v) is 7.99. The molecule has 5 rings (SSSR count). The molecule has 0 radical (unpaired) electrons. The molecule has 8 nitrogen and oxygen atoms in total. The predicted octanol–water partition coefficient (Wildman–Crippen LogP) is 2.01. The van der Waals surface area contributed by atoms with Crippen molar-refractivity contribution >= 4 is 11.8 Å². The molecule has 8 heteroatoms. The lowest BCUT2D eigenvalue weighted by molar-refractivity contribution is 0.174. The number of anilines is 2. The third-order valence-corrected chi connectivity index (χ3v) is 4.46. The summed E-state index contributed by atoms with van der Waals surface area (Å²) in [7, 11) is 0. The summed E-state index contributed by atoms with van der Waals surface area (Å²) < 4.78 is 16.4. The maximum absolute atomic E-state index is 5.71. The first kappa shape index (κ1) is 14.1. The fraction of sp³-hybridized carbons (Fsp3) is 0.235. The maximum Gasteiger partial charge on any atom is 0.231 e. The third kappa shape index (κ3) is 2.34. The van der Waals surface area contributed by atoms with E-state index in [4.69, 9.17) is 19.7 Å². The van der Waals surface area contributed by atoms with Crippen LogP contribution in [0.5, 0.6) is 11.5 Å². The van der Waals surface area contributed by atoms with E-state index in [-0.39, 0.29) is 12.7 Å². The standard InChI is InChI=1S/C17H15N5O3/c18-17-19-5-3-15(20-17)22-6-4-12-11(8-22)16(21-25-12)10-1-2-13-14(7-10)24-9-23-13/h1-3,5,7H,4,6,8-9H2,(H2,18,19,20). The van der Waals surface area contributed by atoms with Crippen LogP contribution in [0, 0.1) is 0 Å². The molecule has 0 atom stereocenters. The second kappa shape index (κ2) is 5.37. The zero-order chi connectivity index (χ0) is 16.8. The first-order chi connectivity index (χ1) is 12.3. The highest BCUT2D eigenvalue weighted by atomic mass is 16.7. The highest BCUT2D eigenvalue weighted by Crippen LogP contribution is 2.38. The van der Waals surface area contributed by atoms with Gasteiger partial charge in [0.25, 0.3) is 0 Å². The first-order valence-electron chi connectivity index (χ1n) is 7.99. The zero-order valence-electron chi connectivity index (χ0n) is 13.3. The Morgan fingerprint density at radius 1 is 1.12 bits per heavy atom. The van der Waals surface area contributed by atoms with E-state index in [2.05, 4.69) is 20.0 Å². The van der Waals surface area contributed by atoms with Crippen LogP contribution in [0.2, 0.25) is 0 Å². The quantitative estimate of drug-likeness (QED) is 0.758. The summed E-state index contributed by atoms with van der Waals surface area (Å²) in [4.78, 5) is 10.4. The summed E-state index contributed by atoms with van der Waals surface area (Å²) in [5, 5.41) is 4.28. The topological polar surface area (TPSA) is 99.5 Å². The van der Waals surface area contributed by atoms with Gasteiger partial charge in [-0.2, -0.15) is 4.98 Å². The average Bonchev–Trinajstić information content (AvgIpc) is 3.27. The van der Waals surface area contributed by atoms with Gasteiger partial charge < -0.3 is 24.6 Å². The fourth-order valence-electron chi connectivity index (χ4n) is 3.22. The number of rotatable bonds is 2. The Labute approximate surface area is 143 Å². The van der Waals surface area contributed by atoms with Crippen molar-refractivity contribution in [3.8, 4) is 22.8 Å². The van der Waals surface area contributed by atoms with Gasteiger partial charge in [-0.25, -0.2) is 4.98 Å². The van der Waals surface area contributed by atoms with Crippen molar-refractivity contribution in [3.63, 3.8) is 0 Å². The van der Waals surface area contributed by atoms with E-state index in [0.717, 1.165) is 52.9 Å². The van der Waals surface area contributed by atoms with Crippen LogP contribution >= 0.6 is 0 Å². The molecule has 0 saturated carbocycles. The van der Waals surface area contributed by atoms with Crippen molar-refractivity contribution < 1.29 is 14.0 Å². The summed E-state index contributed by atoms with van der Waals surface area (Å²) in [5.41, 5.74) is 8.53. The van der Waals surface area contributed by atoms with Crippen molar-refractivity contribution in [1.82, 2.24) is 15.1 Å². The largest absolute Gasteiger partial charge is 0.454 e. The smallest absolute Gasteiger partial charge is 0.231 e. The molecule has 2 aromatic heterocycles. The Morgan fingerprint density at radius 3 is 2.96 bits per heavy atom. The minimum Gasteiger partial charge on any atom is -0.454 e. The van der Waals surface area contributed by atoms with E-state index in [9.17, 15) is 0 Å². The van der Waals surface area contributed by atoms with Crippen LogP contribution in [0.3, 0.4) is 0 Å². The summed E-state index contributed by atoms with van der Waals surface area (Å²) in [6.45, 7) is 1.69. The molecule has 0 amide bonds. The second-order valence-electron chi connectivity index (χ2n) is 5.95. The Morgan fingerprint density at radius 2 is 2.04 bits per heavy atom. The van der Waals surface area contributed by atoms with Gasteiger partial charge in [0.05, 0.1) is 6.54 Å². The average molecular weight is 337 g/mol. The van der Waals surface area contributed by atoms with Gasteiger partial charge in [0, 0.05) is 30.3 Å². The molecule has 0 aliphatic carbocycles. The molecular weight excluding hydrogens is 322 g/mol. The molecule has 2 N–H and O–H groups in total. The van der Waals surface area contributed by atoms with Crippen LogP contribution in [0.1, 0.15) is 11.3 Å². The van der Waals surface area contributed by atoms with Crippen LogP contribution in [-0.4, -0.2) is 28.5 Å². The molecule has 0 spiro atoms. The molecule has 3 aromatic rings. The maximum atomic E-state index is 5.71. The van der Waals surface area contributed by atoms with Gasteiger partial charge in [-0.3, -0.25) is 0 Å². The number of nitrogens with two attached hydrogens (primary N) is 1. The van der Waals surface area contributed by atoms with Gasteiger partial charge in [-0.15, -0.1) is 0 Å². The fourth-order valence-corrected chi connectivity index (χ4v) is 3.22. The lowest BCUT2D eigenvalue weighted by Gasteiger charge is -2.27. The highest BCUT2D eigenvalue weighted by molar-refractivity contribution is 5.68. The molecule has 0 fully saturated rings. The van der Waals surface area contributed by atoms with Crippen LogP contribution in [0.15, 0.2) is 35.0 Å². The van der Waals surface area contributed by atoms with Gasteiger partial charge in [-0.1, -0.05) is 5.16 Å². The monoisotopic (exact) mass is 337 g/mol. The molecule has 25 heavy (non-hydrogen) atoms. The highest BCUT2D eigenvalue weighted by Gasteiger charge is 2.26. The van der Waals surface area contributed by atoms with Crippen LogP contribution < -0.4 is 20.1 Å². The Balaban J connectivity index is 1.51. The summed E-state index contributed by atoms with van der Waals surface area (Å²) in [5.74, 6) is 3.45. The number of hydrogen-bond acceptors (Lipinski definition) is 8. The minimum atomic E-state index is 0.249. The lowest BCUT2D eigenvalue weighted by atomic mass is 10.0. The van der Waals surface area contributed by atoms with E-state index in [1.165, 1.54) is 0 Å². The SMILES string of the molecule is Nc1nccc(N2CCc3onc(-c4ccc5c(c4)OCO5)c3C2)n1. The van der Waals surface area contributed by atoms with Gasteiger partial charge in [0.1, 0.15) is 17.3 Å². The van der Waals surface area contributed by atoms with Crippen molar-refractivity contribution in [1.29, 1.82) is 0 Å². The van der Waals surface area contributed by atoms with Gasteiger partial charge in [0.2, 0.25) is 12.7 Å². The number of ether oxygens (including phenoxy) is 2. The molecule has 0 saturated heterocycles. The minimum absolute atomic E-state index is 0.249. The molecule has 4 heterocycles. The number of hydrogen-bond donors (Lipinski definition) is 1. The third-order valence-electron chi connectivity index (χ3n) is 4.46. The molecule has 2 aliphatic heterocycles. The van der Waals surface area contributed by atoms with Gasteiger partial charge >= 0.3 is 0 Å².